The maximum atomic E-state index is 9.76. The van der Waals surface area contributed by atoms with Crippen LogP contribution in [0.15, 0.2) is 36.4 Å². The van der Waals surface area contributed by atoms with Crippen LogP contribution in [0.3, 0.4) is 0 Å². The van der Waals surface area contributed by atoms with Crippen LogP contribution in [-0.2, 0) is 0 Å². The van der Waals surface area contributed by atoms with Gasteiger partial charge in [0, 0.05) is 17.8 Å². The van der Waals surface area contributed by atoms with Gasteiger partial charge in [0.25, 0.3) is 0 Å². The van der Waals surface area contributed by atoms with Crippen molar-refractivity contribution >= 4 is 5.69 Å². The van der Waals surface area contributed by atoms with Gasteiger partial charge in [-0.1, -0.05) is 12.1 Å². The van der Waals surface area contributed by atoms with E-state index in [1.54, 1.807) is 20.3 Å². The topological polar surface area (TPSA) is 50.7 Å². The van der Waals surface area contributed by atoms with Gasteiger partial charge in [0.1, 0.15) is 5.75 Å². The summed E-state index contributed by atoms with van der Waals surface area (Å²) in [6.45, 7) is 3.93. The predicted octanol–water partition coefficient (Wildman–Crippen LogP) is 3.89. The van der Waals surface area contributed by atoms with Crippen molar-refractivity contribution in [2.75, 3.05) is 19.5 Å². The number of anilines is 1. The lowest BCUT2D eigenvalue weighted by atomic mass is 10.1. The number of aryl methyl sites for hydroxylation is 1. The Morgan fingerprint density at radius 2 is 1.71 bits per heavy atom. The number of rotatable bonds is 5. The molecule has 2 N–H and O–H groups in total. The molecular formula is C17H21NO3. The molecule has 0 bridgehead atoms. The zero-order valence-electron chi connectivity index (χ0n) is 12.8. The van der Waals surface area contributed by atoms with Gasteiger partial charge in [-0.05, 0) is 43.2 Å². The third kappa shape index (κ3) is 3.40. The molecule has 0 aliphatic rings. The van der Waals surface area contributed by atoms with Gasteiger partial charge in [0.15, 0.2) is 11.5 Å². The molecule has 0 heterocycles. The molecule has 0 aliphatic heterocycles. The normalized spacial score (nSPS) is 11.8. The van der Waals surface area contributed by atoms with E-state index in [4.69, 9.17) is 9.47 Å². The molecule has 1 unspecified atom stereocenters. The summed E-state index contributed by atoms with van der Waals surface area (Å²) in [4.78, 5) is 0. The molecule has 112 valence electrons. The summed E-state index contributed by atoms with van der Waals surface area (Å²) in [5, 5.41) is 13.1. The number of nitrogens with one attached hydrogen (secondary N) is 1. The van der Waals surface area contributed by atoms with Crippen molar-refractivity contribution in [2.45, 2.75) is 19.9 Å². The van der Waals surface area contributed by atoms with E-state index in [1.807, 2.05) is 37.3 Å². The highest BCUT2D eigenvalue weighted by Crippen LogP contribution is 2.31. The van der Waals surface area contributed by atoms with Crippen molar-refractivity contribution in [3.63, 3.8) is 0 Å². The number of hydrogen-bond acceptors (Lipinski definition) is 4. The molecule has 0 radical (unpaired) electrons. The first-order chi connectivity index (χ1) is 10.0. The Labute approximate surface area is 125 Å². The summed E-state index contributed by atoms with van der Waals surface area (Å²) in [6.07, 6.45) is 0. The van der Waals surface area contributed by atoms with Crippen molar-refractivity contribution in [2.24, 2.45) is 0 Å². The number of ether oxygens (including phenoxy) is 2. The zero-order valence-corrected chi connectivity index (χ0v) is 12.8. The van der Waals surface area contributed by atoms with Gasteiger partial charge in [-0.3, -0.25) is 0 Å². The Kier molecular flexibility index (Phi) is 4.58. The first-order valence-electron chi connectivity index (χ1n) is 6.83. The van der Waals surface area contributed by atoms with E-state index in [0.29, 0.717) is 17.2 Å². The second kappa shape index (κ2) is 6.39. The molecule has 0 saturated heterocycles. The van der Waals surface area contributed by atoms with Crippen LogP contribution in [0.5, 0.6) is 17.2 Å². The van der Waals surface area contributed by atoms with Crippen molar-refractivity contribution in [3.8, 4) is 17.2 Å². The van der Waals surface area contributed by atoms with Gasteiger partial charge in [-0.25, -0.2) is 0 Å². The van der Waals surface area contributed by atoms with Gasteiger partial charge < -0.3 is 19.9 Å². The van der Waals surface area contributed by atoms with Gasteiger partial charge in [-0.2, -0.15) is 0 Å². The van der Waals surface area contributed by atoms with Crippen LogP contribution in [0.1, 0.15) is 24.1 Å². The summed E-state index contributed by atoms with van der Waals surface area (Å²) in [5.74, 6) is 1.70. The highest BCUT2D eigenvalue weighted by atomic mass is 16.5. The molecule has 0 fully saturated rings. The second-order valence-corrected chi connectivity index (χ2v) is 4.98. The van der Waals surface area contributed by atoms with Gasteiger partial charge >= 0.3 is 0 Å². The van der Waals surface area contributed by atoms with E-state index in [0.717, 1.165) is 16.8 Å². The van der Waals surface area contributed by atoms with Gasteiger partial charge in [0.05, 0.1) is 14.2 Å². The summed E-state index contributed by atoms with van der Waals surface area (Å²) in [7, 11) is 3.24. The average molecular weight is 287 g/mol. The summed E-state index contributed by atoms with van der Waals surface area (Å²) in [5.41, 5.74) is 2.81. The summed E-state index contributed by atoms with van der Waals surface area (Å²) >= 11 is 0. The van der Waals surface area contributed by atoms with Crippen LogP contribution >= 0.6 is 0 Å². The lowest BCUT2D eigenvalue weighted by Gasteiger charge is -2.18. The number of phenolic OH excluding ortho intramolecular Hbond substituents is 1. The van der Waals surface area contributed by atoms with E-state index in [-0.39, 0.29) is 6.04 Å². The highest BCUT2D eigenvalue weighted by molar-refractivity contribution is 5.53. The Hall–Kier alpha value is -2.36. The highest BCUT2D eigenvalue weighted by Gasteiger charge is 2.10. The number of methoxy groups -OCH3 is 2. The fourth-order valence-electron chi connectivity index (χ4n) is 2.15. The third-order valence-electron chi connectivity index (χ3n) is 3.50. The molecule has 4 heteroatoms. The largest absolute Gasteiger partial charge is 0.508 e. The fourth-order valence-corrected chi connectivity index (χ4v) is 2.15. The Bertz CT molecular complexity index is 625. The fraction of sp³-hybridized carbons (Fsp3) is 0.294. The van der Waals surface area contributed by atoms with Crippen molar-refractivity contribution in [3.05, 3.63) is 47.5 Å². The monoisotopic (exact) mass is 287 g/mol. The minimum Gasteiger partial charge on any atom is -0.508 e. The standard InChI is InChI=1S/C17H21NO3/c1-11-5-7-14(10-15(11)19)18-12(2)13-6-8-16(20-3)17(9-13)21-4/h5-10,12,18-19H,1-4H3. The maximum absolute atomic E-state index is 9.76. The van der Waals surface area contributed by atoms with Crippen LogP contribution < -0.4 is 14.8 Å². The van der Waals surface area contributed by atoms with Gasteiger partial charge in [-0.15, -0.1) is 0 Å². The lowest BCUT2D eigenvalue weighted by molar-refractivity contribution is 0.354. The molecule has 2 rings (SSSR count). The van der Waals surface area contributed by atoms with Crippen LogP contribution in [0.2, 0.25) is 0 Å². The Morgan fingerprint density at radius 1 is 1.00 bits per heavy atom. The average Bonchev–Trinajstić information content (AvgIpc) is 2.50. The minimum atomic E-state index is 0.0758. The number of benzene rings is 2. The number of hydrogen-bond donors (Lipinski definition) is 2. The number of phenols is 1. The molecule has 2 aromatic carbocycles. The number of aromatic hydroxyl groups is 1. The van der Waals surface area contributed by atoms with Crippen molar-refractivity contribution in [1.82, 2.24) is 0 Å². The third-order valence-corrected chi connectivity index (χ3v) is 3.50. The first kappa shape index (κ1) is 15.0. The van der Waals surface area contributed by atoms with Crippen LogP contribution in [0, 0.1) is 6.92 Å². The smallest absolute Gasteiger partial charge is 0.161 e. The van der Waals surface area contributed by atoms with E-state index < -0.39 is 0 Å². The first-order valence-corrected chi connectivity index (χ1v) is 6.83. The molecule has 0 aromatic heterocycles. The van der Waals surface area contributed by atoms with Crippen molar-refractivity contribution < 1.29 is 14.6 Å². The maximum Gasteiger partial charge on any atom is 0.161 e. The minimum absolute atomic E-state index is 0.0758. The lowest BCUT2D eigenvalue weighted by Crippen LogP contribution is -2.07. The Balaban J connectivity index is 2.19. The SMILES string of the molecule is COc1ccc(C(C)Nc2ccc(C)c(O)c2)cc1OC. The molecular weight excluding hydrogens is 266 g/mol. The van der Waals surface area contributed by atoms with Crippen LogP contribution in [-0.4, -0.2) is 19.3 Å². The summed E-state index contributed by atoms with van der Waals surface area (Å²) < 4.78 is 10.6. The zero-order chi connectivity index (χ0) is 15.4. The van der Waals surface area contributed by atoms with Gasteiger partial charge in [0.2, 0.25) is 0 Å². The summed E-state index contributed by atoms with van der Waals surface area (Å²) in [6, 6.07) is 11.5. The quantitative estimate of drug-likeness (QED) is 0.876. The molecule has 21 heavy (non-hydrogen) atoms. The molecule has 0 spiro atoms. The molecule has 0 aliphatic carbocycles. The van der Waals surface area contributed by atoms with Crippen molar-refractivity contribution in [1.29, 1.82) is 0 Å². The molecule has 2 aromatic rings. The molecule has 1 atom stereocenters. The Morgan fingerprint density at radius 3 is 2.33 bits per heavy atom. The second-order valence-electron chi connectivity index (χ2n) is 4.98. The van der Waals surface area contributed by atoms with E-state index in [1.165, 1.54) is 0 Å². The molecule has 4 nitrogen and oxygen atoms in total. The van der Waals surface area contributed by atoms with E-state index >= 15 is 0 Å². The molecule has 0 saturated carbocycles. The van der Waals surface area contributed by atoms with Crippen LogP contribution in [0.25, 0.3) is 0 Å². The predicted molar refractivity (Wildman–Crippen MR) is 84.4 cm³/mol. The van der Waals surface area contributed by atoms with E-state index in [2.05, 4.69) is 12.2 Å². The van der Waals surface area contributed by atoms with Crippen LogP contribution in [0.4, 0.5) is 5.69 Å². The molecule has 0 amide bonds. The van der Waals surface area contributed by atoms with E-state index in [9.17, 15) is 5.11 Å².